The number of nitrogens with zero attached hydrogens (tertiary/aromatic N) is 2. The highest BCUT2D eigenvalue weighted by atomic mass is 35.5. The lowest BCUT2D eigenvalue weighted by molar-refractivity contribution is -0.264. The SMILES string of the molecule is O=C1C=CC(=O)OC2(O1)C(=O)N(c1cccc(Cl)c1)C21CCN(C2Cc3cccc4cccc2c34)CC1. The number of ether oxygens (including phenoxy) is 2. The lowest BCUT2D eigenvalue weighted by Gasteiger charge is -2.63. The molecule has 7 nitrogen and oxygen atoms in total. The third kappa shape index (κ3) is 3.07. The van der Waals surface area contributed by atoms with Gasteiger partial charge >= 0.3 is 23.6 Å². The number of fused-ring (bicyclic) bond motifs is 1. The summed E-state index contributed by atoms with van der Waals surface area (Å²) in [7, 11) is 0. The summed E-state index contributed by atoms with van der Waals surface area (Å²) >= 11 is 6.26. The maximum atomic E-state index is 13.7. The van der Waals surface area contributed by atoms with Crippen molar-refractivity contribution < 1.29 is 23.9 Å². The zero-order valence-corrected chi connectivity index (χ0v) is 20.6. The third-order valence-electron chi connectivity index (χ3n) is 8.30. The molecule has 8 heteroatoms. The van der Waals surface area contributed by atoms with E-state index in [-0.39, 0.29) is 6.04 Å². The van der Waals surface area contributed by atoms with Crippen LogP contribution >= 0.6 is 11.6 Å². The van der Waals surface area contributed by atoms with Gasteiger partial charge in [-0.25, -0.2) is 9.59 Å². The van der Waals surface area contributed by atoms with Gasteiger partial charge in [0.15, 0.2) is 0 Å². The first-order chi connectivity index (χ1) is 17.9. The van der Waals surface area contributed by atoms with Crippen LogP contribution in [-0.2, 0) is 30.3 Å². The van der Waals surface area contributed by atoms with Gasteiger partial charge in [-0.2, -0.15) is 0 Å². The van der Waals surface area contributed by atoms with Crippen LogP contribution < -0.4 is 4.90 Å². The van der Waals surface area contributed by atoms with Gasteiger partial charge in [-0.1, -0.05) is 54.1 Å². The molecular weight excluding hydrogens is 492 g/mol. The predicted molar refractivity (Wildman–Crippen MR) is 137 cm³/mol. The van der Waals surface area contributed by atoms with Crippen molar-refractivity contribution >= 4 is 45.9 Å². The van der Waals surface area contributed by atoms with Crippen LogP contribution in [0.25, 0.3) is 10.8 Å². The van der Waals surface area contributed by atoms with E-state index in [4.69, 9.17) is 21.1 Å². The van der Waals surface area contributed by atoms with Crippen molar-refractivity contribution in [2.24, 2.45) is 0 Å². The number of rotatable bonds is 2. The molecule has 2 saturated heterocycles. The molecule has 0 bridgehead atoms. The molecule has 3 aliphatic heterocycles. The Balaban J connectivity index is 1.25. The second kappa shape index (κ2) is 7.91. The smallest absolute Gasteiger partial charge is 0.361 e. The van der Waals surface area contributed by atoms with Crippen molar-refractivity contribution in [3.05, 3.63) is 89.0 Å². The van der Waals surface area contributed by atoms with E-state index >= 15 is 0 Å². The number of β-lactam (4-membered cyclic amide) rings is 1. The lowest BCUT2D eigenvalue weighted by atomic mass is 9.69. The van der Waals surface area contributed by atoms with Crippen molar-refractivity contribution in [3.8, 4) is 0 Å². The van der Waals surface area contributed by atoms with Crippen molar-refractivity contribution in [1.29, 1.82) is 0 Å². The van der Waals surface area contributed by atoms with Gasteiger partial charge in [0.2, 0.25) is 0 Å². The first kappa shape index (κ1) is 22.5. The molecule has 7 rings (SSSR count). The van der Waals surface area contributed by atoms with E-state index in [0.717, 1.165) is 18.6 Å². The Bertz CT molecular complexity index is 1500. The van der Waals surface area contributed by atoms with Crippen LogP contribution in [-0.4, -0.2) is 47.2 Å². The Morgan fingerprint density at radius 2 is 1.54 bits per heavy atom. The number of anilines is 1. The second-order valence-corrected chi connectivity index (χ2v) is 10.5. The molecule has 2 spiro atoms. The zero-order chi connectivity index (χ0) is 25.4. The van der Waals surface area contributed by atoms with Crippen LogP contribution in [0.1, 0.15) is 30.0 Å². The van der Waals surface area contributed by atoms with Crippen molar-refractivity contribution in [2.75, 3.05) is 18.0 Å². The number of carbonyl (C=O) groups is 3. The number of hydrogen-bond acceptors (Lipinski definition) is 6. The minimum Gasteiger partial charge on any atom is -0.408 e. The molecule has 4 aliphatic rings. The normalized spacial score (nSPS) is 23.8. The number of esters is 2. The first-order valence-electron chi connectivity index (χ1n) is 12.4. The standard InChI is InChI=1S/C29H23ClN2O5/c30-20-7-3-8-21(17-20)32-27(35)29(36-24(33)10-11-25(34)37-29)28(32)12-14-31(15-13-28)23-16-19-6-1-4-18-5-2-9-22(23)26(18)19/h1-11,17,23H,12-16H2. The average molecular weight is 515 g/mol. The van der Waals surface area contributed by atoms with E-state index in [2.05, 4.69) is 41.3 Å². The summed E-state index contributed by atoms with van der Waals surface area (Å²) in [6.45, 7) is 1.26. The molecule has 1 atom stereocenters. The van der Waals surface area contributed by atoms with E-state index < -0.39 is 29.2 Å². The molecule has 0 N–H and O–H groups in total. The minimum atomic E-state index is -2.00. The highest BCUT2D eigenvalue weighted by Crippen LogP contribution is 2.55. The van der Waals surface area contributed by atoms with Crippen LogP contribution in [0.3, 0.4) is 0 Å². The highest BCUT2D eigenvalue weighted by molar-refractivity contribution is 6.31. The molecule has 0 radical (unpaired) electrons. The number of piperidine rings is 1. The van der Waals surface area contributed by atoms with Gasteiger partial charge in [-0.05, 0) is 59.4 Å². The van der Waals surface area contributed by atoms with E-state index in [1.54, 1.807) is 29.2 Å². The Kier molecular flexibility index (Phi) is 4.81. The summed E-state index contributed by atoms with van der Waals surface area (Å²) in [5, 5.41) is 3.04. The van der Waals surface area contributed by atoms with Crippen LogP contribution in [0.5, 0.6) is 0 Å². The monoisotopic (exact) mass is 514 g/mol. The molecule has 0 aromatic heterocycles. The molecule has 1 unspecified atom stereocenters. The van der Waals surface area contributed by atoms with Crippen LogP contribution in [0.2, 0.25) is 5.02 Å². The number of halogens is 1. The maximum Gasteiger partial charge on any atom is 0.361 e. The largest absolute Gasteiger partial charge is 0.408 e. The molecule has 0 saturated carbocycles. The van der Waals surface area contributed by atoms with Gasteiger partial charge in [0.1, 0.15) is 5.54 Å². The molecule has 3 aromatic rings. The summed E-state index contributed by atoms with van der Waals surface area (Å²) < 4.78 is 11.3. The fourth-order valence-electron chi connectivity index (χ4n) is 6.70. The number of hydrogen-bond donors (Lipinski definition) is 0. The van der Waals surface area contributed by atoms with Gasteiger partial charge in [-0.3, -0.25) is 14.6 Å². The summed E-state index contributed by atoms with van der Waals surface area (Å²) in [4.78, 5) is 42.6. The van der Waals surface area contributed by atoms with Gasteiger partial charge < -0.3 is 9.47 Å². The van der Waals surface area contributed by atoms with Gasteiger partial charge in [0.05, 0.1) is 0 Å². The molecule has 3 aromatic carbocycles. The van der Waals surface area contributed by atoms with E-state index in [0.29, 0.717) is 36.6 Å². The maximum absolute atomic E-state index is 13.7. The Hall–Kier alpha value is -3.68. The van der Waals surface area contributed by atoms with Gasteiger partial charge in [0, 0.05) is 42.0 Å². The minimum absolute atomic E-state index is 0.214. The number of benzene rings is 3. The van der Waals surface area contributed by atoms with Crippen molar-refractivity contribution in [2.45, 2.75) is 36.6 Å². The first-order valence-corrected chi connectivity index (χ1v) is 12.8. The summed E-state index contributed by atoms with van der Waals surface area (Å²) in [6.07, 6.45) is 3.83. The second-order valence-electron chi connectivity index (χ2n) is 10.1. The van der Waals surface area contributed by atoms with Gasteiger partial charge in [-0.15, -0.1) is 0 Å². The summed E-state index contributed by atoms with van der Waals surface area (Å²) in [5.74, 6) is -4.13. The topological polar surface area (TPSA) is 76.2 Å². The fraction of sp³-hybridized carbons (Fsp3) is 0.276. The quantitative estimate of drug-likeness (QED) is 0.374. The van der Waals surface area contributed by atoms with Gasteiger partial charge in [0.25, 0.3) is 0 Å². The number of carbonyl (C=O) groups excluding carboxylic acids is 3. The number of likely N-dealkylation sites (tertiary alicyclic amines) is 1. The summed E-state index contributed by atoms with van der Waals surface area (Å²) in [5.41, 5.74) is 2.19. The van der Waals surface area contributed by atoms with Crippen LogP contribution in [0.15, 0.2) is 72.8 Å². The molecular formula is C29H23ClN2O5. The van der Waals surface area contributed by atoms with Crippen LogP contribution in [0.4, 0.5) is 5.69 Å². The van der Waals surface area contributed by atoms with E-state index in [9.17, 15) is 14.4 Å². The van der Waals surface area contributed by atoms with E-state index in [1.807, 2.05) is 0 Å². The fourth-order valence-corrected chi connectivity index (χ4v) is 6.88. The predicted octanol–water partition coefficient (Wildman–Crippen LogP) is 4.32. The number of amides is 1. The zero-order valence-electron chi connectivity index (χ0n) is 19.9. The van der Waals surface area contributed by atoms with E-state index in [1.165, 1.54) is 21.9 Å². The lowest BCUT2D eigenvalue weighted by Crippen LogP contribution is -2.86. The van der Waals surface area contributed by atoms with Crippen molar-refractivity contribution in [1.82, 2.24) is 4.90 Å². The molecule has 37 heavy (non-hydrogen) atoms. The Labute approximate surface area is 218 Å². The Morgan fingerprint density at radius 1 is 0.865 bits per heavy atom. The highest BCUT2D eigenvalue weighted by Gasteiger charge is 2.78. The molecule has 1 aliphatic carbocycles. The molecule has 1 amide bonds. The Morgan fingerprint density at radius 3 is 2.24 bits per heavy atom. The molecule has 186 valence electrons. The summed E-state index contributed by atoms with van der Waals surface area (Å²) in [6, 6.07) is 20.1. The molecule has 2 fully saturated rings. The van der Waals surface area contributed by atoms with Crippen molar-refractivity contribution in [3.63, 3.8) is 0 Å². The average Bonchev–Trinajstić information content (AvgIpc) is 3.19. The molecule has 3 heterocycles. The third-order valence-corrected chi connectivity index (χ3v) is 8.53. The van der Waals surface area contributed by atoms with Crippen LogP contribution in [0, 0.1) is 0 Å².